The van der Waals surface area contributed by atoms with Crippen LogP contribution in [0.1, 0.15) is 36.7 Å². The highest BCUT2D eigenvalue weighted by Gasteiger charge is 2.23. The standard InChI is InChI=1S/C20H28N4O3/c1-6-23(15-10-8-7-9-14(15)4)12-16(25)17-18(21)24(11-13(2)3)20(27)22(5)19(17)26/h7-10,13H,6,11-12,21H2,1-5H3. The first-order valence-electron chi connectivity index (χ1n) is 9.12. The average molecular weight is 372 g/mol. The predicted octanol–water partition coefficient (Wildman–Crippen LogP) is 1.80. The molecule has 146 valence electrons. The third kappa shape index (κ3) is 4.13. The van der Waals surface area contributed by atoms with Crippen molar-refractivity contribution in [3.8, 4) is 0 Å². The third-order valence-corrected chi connectivity index (χ3v) is 4.58. The summed E-state index contributed by atoms with van der Waals surface area (Å²) in [7, 11) is 1.37. The van der Waals surface area contributed by atoms with Crippen LogP contribution < -0.4 is 21.9 Å². The van der Waals surface area contributed by atoms with Crippen molar-refractivity contribution in [3.05, 3.63) is 56.2 Å². The van der Waals surface area contributed by atoms with E-state index in [0.717, 1.165) is 15.8 Å². The lowest BCUT2D eigenvalue weighted by molar-refractivity contribution is 0.0997. The predicted molar refractivity (Wildman–Crippen MR) is 109 cm³/mol. The molecule has 2 N–H and O–H groups in total. The second-order valence-electron chi connectivity index (χ2n) is 7.14. The Hall–Kier alpha value is -2.83. The van der Waals surface area contributed by atoms with Crippen LogP contribution in [0.15, 0.2) is 33.9 Å². The molecule has 0 aliphatic heterocycles. The van der Waals surface area contributed by atoms with E-state index in [1.807, 2.05) is 56.9 Å². The minimum Gasteiger partial charge on any atom is -0.384 e. The van der Waals surface area contributed by atoms with Crippen molar-refractivity contribution in [2.45, 2.75) is 34.2 Å². The van der Waals surface area contributed by atoms with Gasteiger partial charge in [0, 0.05) is 25.8 Å². The molecule has 1 aromatic heterocycles. The van der Waals surface area contributed by atoms with Crippen LogP contribution in [0.4, 0.5) is 11.5 Å². The number of aromatic nitrogens is 2. The van der Waals surface area contributed by atoms with Crippen molar-refractivity contribution in [3.63, 3.8) is 0 Å². The summed E-state index contributed by atoms with van der Waals surface area (Å²) >= 11 is 0. The number of hydrogen-bond donors (Lipinski definition) is 1. The van der Waals surface area contributed by atoms with Crippen molar-refractivity contribution in [1.82, 2.24) is 9.13 Å². The molecule has 0 unspecified atom stereocenters. The molecular formula is C20H28N4O3. The van der Waals surface area contributed by atoms with Gasteiger partial charge in [0.2, 0.25) is 0 Å². The Balaban J connectivity index is 2.49. The topological polar surface area (TPSA) is 90.3 Å². The SMILES string of the molecule is CCN(CC(=O)c1c(N)n(CC(C)C)c(=O)n(C)c1=O)c1ccccc1C. The molecule has 2 rings (SSSR count). The van der Waals surface area contributed by atoms with Gasteiger partial charge in [0.15, 0.2) is 5.78 Å². The van der Waals surface area contributed by atoms with Gasteiger partial charge in [-0.05, 0) is 31.4 Å². The fourth-order valence-electron chi connectivity index (χ4n) is 3.12. The number of carbonyl (C=O) groups excluding carboxylic acids is 1. The number of Topliss-reactive ketones (excluding diaryl/α,β-unsaturated/α-hetero) is 1. The Morgan fingerprint density at radius 3 is 2.41 bits per heavy atom. The number of anilines is 2. The minimum atomic E-state index is -0.650. The van der Waals surface area contributed by atoms with Crippen molar-refractivity contribution in [2.24, 2.45) is 13.0 Å². The number of nitrogens with two attached hydrogens (primary N) is 1. The molecule has 1 aromatic carbocycles. The number of likely N-dealkylation sites (N-methyl/N-ethyl adjacent to an activating group) is 1. The van der Waals surface area contributed by atoms with E-state index in [1.54, 1.807) is 0 Å². The first-order valence-corrected chi connectivity index (χ1v) is 9.12. The van der Waals surface area contributed by atoms with E-state index in [2.05, 4.69) is 0 Å². The first-order chi connectivity index (χ1) is 12.7. The first kappa shape index (κ1) is 20.5. The van der Waals surface area contributed by atoms with E-state index >= 15 is 0 Å². The van der Waals surface area contributed by atoms with Gasteiger partial charge in [0.25, 0.3) is 5.56 Å². The summed E-state index contributed by atoms with van der Waals surface area (Å²) in [6, 6.07) is 7.75. The van der Waals surface area contributed by atoms with Crippen LogP contribution in [-0.4, -0.2) is 28.0 Å². The Labute approximate surface area is 159 Å². The summed E-state index contributed by atoms with van der Waals surface area (Å²) in [4.78, 5) is 39.9. The minimum absolute atomic E-state index is 0.0146. The van der Waals surface area contributed by atoms with Gasteiger partial charge in [-0.2, -0.15) is 0 Å². The number of carbonyl (C=O) groups is 1. The van der Waals surface area contributed by atoms with Crippen molar-refractivity contribution in [1.29, 1.82) is 0 Å². The Kier molecular flexibility index (Phi) is 6.25. The Morgan fingerprint density at radius 2 is 1.85 bits per heavy atom. The van der Waals surface area contributed by atoms with Gasteiger partial charge in [-0.15, -0.1) is 0 Å². The maximum atomic E-state index is 13.0. The molecule has 27 heavy (non-hydrogen) atoms. The van der Waals surface area contributed by atoms with Crippen molar-refractivity contribution in [2.75, 3.05) is 23.7 Å². The van der Waals surface area contributed by atoms with Crippen molar-refractivity contribution < 1.29 is 4.79 Å². The molecule has 0 fully saturated rings. The van der Waals surface area contributed by atoms with Crippen LogP contribution in [0.2, 0.25) is 0 Å². The maximum Gasteiger partial charge on any atom is 0.332 e. The zero-order valence-corrected chi connectivity index (χ0v) is 16.7. The van der Waals surface area contributed by atoms with E-state index in [-0.39, 0.29) is 23.8 Å². The van der Waals surface area contributed by atoms with E-state index in [4.69, 9.17) is 5.73 Å². The Bertz CT molecular complexity index is 957. The van der Waals surface area contributed by atoms with Gasteiger partial charge >= 0.3 is 5.69 Å². The summed E-state index contributed by atoms with van der Waals surface area (Å²) in [5, 5.41) is 0. The average Bonchev–Trinajstić information content (AvgIpc) is 2.62. The van der Waals surface area contributed by atoms with Crippen LogP contribution >= 0.6 is 0 Å². The van der Waals surface area contributed by atoms with E-state index < -0.39 is 17.0 Å². The number of benzene rings is 1. The molecule has 0 atom stereocenters. The number of rotatable bonds is 7. The molecular weight excluding hydrogens is 344 g/mol. The summed E-state index contributed by atoms with van der Waals surface area (Å²) in [5.41, 5.74) is 6.79. The zero-order chi connectivity index (χ0) is 20.3. The highest BCUT2D eigenvalue weighted by Crippen LogP contribution is 2.20. The van der Waals surface area contributed by atoms with Crippen LogP contribution in [0.25, 0.3) is 0 Å². The van der Waals surface area contributed by atoms with Gasteiger partial charge < -0.3 is 10.6 Å². The summed E-state index contributed by atoms with van der Waals surface area (Å²) in [6.45, 7) is 8.75. The summed E-state index contributed by atoms with van der Waals surface area (Å²) in [6.07, 6.45) is 0. The normalized spacial score (nSPS) is 11.0. The van der Waals surface area contributed by atoms with Crippen LogP contribution in [0.3, 0.4) is 0 Å². The smallest absolute Gasteiger partial charge is 0.332 e. The van der Waals surface area contributed by atoms with Gasteiger partial charge in [-0.25, -0.2) is 4.79 Å². The number of para-hydroxylation sites is 1. The maximum absolute atomic E-state index is 13.0. The van der Waals surface area contributed by atoms with Crippen molar-refractivity contribution >= 4 is 17.3 Å². The number of nitrogens with zero attached hydrogens (tertiary/aromatic N) is 3. The van der Waals surface area contributed by atoms with Crippen LogP contribution in [-0.2, 0) is 13.6 Å². The van der Waals surface area contributed by atoms with Crippen LogP contribution in [0, 0.1) is 12.8 Å². The lowest BCUT2D eigenvalue weighted by Crippen LogP contribution is -2.44. The quantitative estimate of drug-likeness (QED) is 0.749. The molecule has 0 saturated heterocycles. The summed E-state index contributed by atoms with van der Waals surface area (Å²) < 4.78 is 2.26. The van der Waals surface area contributed by atoms with Gasteiger partial charge in [-0.1, -0.05) is 32.0 Å². The molecule has 7 nitrogen and oxygen atoms in total. The fraction of sp³-hybridized carbons (Fsp3) is 0.450. The molecule has 0 aliphatic rings. The molecule has 1 heterocycles. The second kappa shape index (κ2) is 8.24. The summed E-state index contributed by atoms with van der Waals surface area (Å²) in [5.74, 6) is -0.303. The monoisotopic (exact) mass is 372 g/mol. The zero-order valence-electron chi connectivity index (χ0n) is 16.7. The molecule has 0 saturated carbocycles. The highest BCUT2D eigenvalue weighted by molar-refractivity contribution is 6.02. The van der Waals surface area contributed by atoms with E-state index in [0.29, 0.717) is 13.1 Å². The second-order valence-corrected chi connectivity index (χ2v) is 7.14. The molecule has 7 heteroatoms. The van der Waals surface area contributed by atoms with Gasteiger partial charge in [0.05, 0.1) is 6.54 Å². The highest BCUT2D eigenvalue weighted by atomic mass is 16.2. The number of ketones is 1. The fourth-order valence-corrected chi connectivity index (χ4v) is 3.12. The van der Waals surface area contributed by atoms with E-state index in [1.165, 1.54) is 11.6 Å². The molecule has 0 spiro atoms. The Morgan fingerprint density at radius 1 is 1.22 bits per heavy atom. The molecule has 2 aromatic rings. The number of aryl methyl sites for hydroxylation is 1. The van der Waals surface area contributed by atoms with Gasteiger partial charge in [-0.3, -0.25) is 18.7 Å². The number of nitrogen functional groups attached to an aromatic ring is 1. The van der Waals surface area contributed by atoms with Crippen LogP contribution in [0.5, 0.6) is 0 Å². The molecule has 0 aliphatic carbocycles. The van der Waals surface area contributed by atoms with E-state index in [9.17, 15) is 14.4 Å². The third-order valence-electron chi connectivity index (χ3n) is 4.58. The number of hydrogen-bond acceptors (Lipinski definition) is 5. The lowest BCUT2D eigenvalue weighted by Gasteiger charge is -2.24. The molecule has 0 amide bonds. The lowest BCUT2D eigenvalue weighted by atomic mass is 10.1. The largest absolute Gasteiger partial charge is 0.384 e. The van der Waals surface area contributed by atoms with Gasteiger partial charge in [0.1, 0.15) is 11.4 Å². The molecule has 0 radical (unpaired) electrons. The molecule has 0 bridgehead atoms.